The number of ether oxygens (including phenoxy) is 1. The summed E-state index contributed by atoms with van der Waals surface area (Å²) >= 11 is 6.44. The number of esters is 1. The van der Waals surface area contributed by atoms with Crippen LogP contribution in [0.1, 0.15) is 34.7 Å². The van der Waals surface area contributed by atoms with Crippen molar-refractivity contribution in [3.63, 3.8) is 0 Å². The number of carbonyl (C=O) groups excluding carboxylic acids is 1. The highest BCUT2D eigenvalue weighted by Gasteiger charge is 2.17. The van der Waals surface area contributed by atoms with Crippen LogP contribution >= 0.6 is 11.6 Å². The number of carbonyl (C=O) groups is 1. The molecule has 0 aliphatic heterocycles. The Labute approximate surface area is 156 Å². The van der Waals surface area contributed by atoms with Gasteiger partial charge in [-0.3, -0.25) is 4.79 Å². The number of aromatic nitrogens is 3. The summed E-state index contributed by atoms with van der Waals surface area (Å²) in [5.41, 5.74) is 4.06. The van der Waals surface area contributed by atoms with E-state index in [4.69, 9.17) is 20.9 Å². The fraction of sp³-hybridized carbons (Fsp3) is 0.316. The Balaban J connectivity index is 1.63. The molecule has 2 aromatic heterocycles. The van der Waals surface area contributed by atoms with Crippen molar-refractivity contribution in [2.45, 2.75) is 40.2 Å². The molecule has 1 aromatic carbocycles. The van der Waals surface area contributed by atoms with Crippen LogP contribution in [0.15, 0.2) is 34.9 Å². The SMILES string of the molecule is Cc1noc(C)c1CCC(=O)OCc1c(C)nn(-c2ccccc2)c1Cl. The van der Waals surface area contributed by atoms with Crippen molar-refractivity contribution in [3.05, 3.63) is 63.8 Å². The van der Waals surface area contributed by atoms with E-state index in [0.717, 1.165) is 28.4 Å². The summed E-state index contributed by atoms with van der Waals surface area (Å²) in [5.74, 6) is 0.436. The topological polar surface area (TPSA) is 70.2 Å². The van der Waals surface area contributed by atoms with Gasteiger partial charge in [0.2, 0.25) is 0 Å². The fourth-order valence-electron chi connectivity index (χ4n) is 2.75. The minimum atomic E-state index is -0.298. The second-order valence-electron chi connectivity index (χ2n) is 6.07. The Morgan fingerprint density at radius 3 is 2.54 bits per heavy atom. The van der Waals surface area contributed by atoms with Crippen LogP contribution in [0.2, 0.25) is 5.15 Å². The summed E-state index contributed by atoms with van der Waals surface area (Å²) in [7, 11) is 0. The lowest BCUT2D eigenvalue weighted by molar-refractivity contribution is -0.144. The molecule has 3 rings (SSSR count). The summed E-state index contributed by atoms with van der Waals surface area (Å²) < 4.78 is 12.1. The van der Waals surface area contributed by atoms with Crippen LogP contribution < -0.4 is 0 Å². The van der Waals surface area contributed by atoms with Gasteiger partial charge in [-0.05, 0) is 39.3 Å². The third kappa shape index (κ3) is 3.80. The van der Waals surface area contributed by atoms with Crippen LogP contribution in [0.3, 0.4) is 0 Å². The van der Waals surface area contributed by atoms with E-state index in [1.807, 2.05) is 51.1 Å². The standard InChI is InChI=1S/C19H20ClN3O3/c1-12-17(19(20)23(21-12)15-7-5-4-6-8-15)11-25-18(24)10-9-16-13(2)22-26-14(16)3/h4-8H,9-11H2,1-3H3. The number of nitrogens with zero attached hydrogens (tertiary/aromatic N) is 3. The third-order valence-electron chi connectivity index (χ3n) is 4.26. The Bertz CT molecular complexity index is 896. The number of hydrogen-bond acceptors (Lipinski definition) is 5. The molecule has 0 bridgehead atoms. The molecular weight excluding hydrogens is 354 g/mol. The minimum absolute atomic E-state index is 0.0952. The molecular formula is C19H20ClN3O3. The molecule has 0 atom stereocenters. The minimum Gasteiger partial charge on any atom is -0.461 e. The summed E-state index contributed by atoms with van der Waals surface area (Å²) in [6.45, 7) is 5.64. The second kappa shape index (κ2) is 7.74. The molecule has 0 saturated heterocycles. The van der Waals surface area contributed by atoms with E-state index in [-0.39, 0.29) is 19.0 Å². The molecule has 2 heterocycles. The first-order chi connectivity index (χ1) is 12.5. The van der Waals surface area contributed by atoms with Gasteiger partial charge in [-0.1, -0.05) is 35.0 Å². The van der Waals surface area contributed by atoms with Crippen molar-refractivity contribution in [1.29, 1.82) is 0 Å². The maximum Gasteiger partial charge on any atom is 0.306 e. The maximum absolute atomic E-state index is 12.1. The van der Waals surface area contributed by atoms with Crippen LogP contribution in [0.5, 0.6) is 0 Å². The van der Waals surface area contributed by atoms with Gasteiger partial charge in [-0.25, -0.2) is 4.68 Å². The van der Waals surface area contributed by atoms with Crippen LogP contribution in [0.4, 0.5) is 0 Å². The number of benzene rings is 1. The predicted molar refractivity (Wildman–Crippen MR) is 97.4 cm³/mol. The van der Waals surface area contributed by atoms with E-state index in [2.05, 4.69) is 10.3 Å². The lowest BCUT2D eigenvalue weighted by Crippen LogP contribution is -2.07. The van der Waals surface area contributed by atoms with Crippen molar-refractivity contribution in [1.82, 2.24) is 14.9 Å². The van der Waals surface area contributed by atoms with Crippen molar-refractivity contribution in [3.8, 4) is 5.69 Å². The molecule has 0 radical (unpaired) electrons. The van der Waals surface area contributed by atoms with E-state index in [1.165, 1.54) is 0 Å². The molecule has 6 nitrogen and oxygen atoms in total. The average Bonchev–Trinajstić information content (AvgIpc) is 3.11. The van der Waals surface area contributed by atoms with E-state index in [1.54, 1.807) is 4.68 Å². The Hall–Kier alpha value is -2.60. The number of hydrogen-bond donors (Lipinski definition) is 0. The summed E-state index contributed by atoms with van der Waals surface area (Å²) in [5, 5.41) is 8.78. The molecule has 0 unspecified atom stereocenters. The van der Waals surface area contributed by atoms with Gasteiger partial charge in [0.25, 0.3) is 0 Å². The van der Waals surface area contributed by atoms with E-state index in [0.29, 0.717) is 17.1 Å². The second-order valence-corrected chi connectivity index (χ2v) is 6.42. The first-order valence-electron chi connectivity index (χ1n) is 8.34. The monoisotopic (exact) mass is 373 g/mol. The van der Waals surface area contributed by atoms with Crippen molar-refractivity contribution in [2.24, 2.45) is 0 Å². The number of rotatable bonds is 6. The van der Waals surface area contributed by atoms with Gasteiger partial charge in [0.15, 0.2) is 0 Å². The van der Waals surface area contributed by atoms with E-state index in [9.17, 15) is 4.79 Å². The van der Waals surface area contributed by atoms with Gasteiger partial charge in [0, 0.05) is 17.5 Å². The molecule has 0 amide bonds. The zero-order chi connectivity index (χ0) is 18.7. The van der Waals surface area contributed by atoms with Gasteiger partial charge >= 0.3 is 5.97 Å². The number of aryl methyl sites for hydroxylation is 3. The maximum atomic E-state index is 12.1. The first kappa shape index (κ1) is 18.2. The van der Waals surface area contributed by atoms with Gasteiger partial charge in [0.1, 0.15) is 17.5 Å². The molecule has 0 fully saturated rings. The highest BCUT2D eigenvalue weighted by Crippen LogP contribution is 2.24. The zero-order valence-corrected chi connectivity index (χ0v) is 15.7. The molecule has 0 aliphatic carbocycles. The molecule has 136 valence electrons. The molecule has 26 heavy (non-hydrogen) atoms. The average molecular weight is 374 g/mol. The van der Waals surface area contributed by atoms with Gasteiger partial charge in [0.05, 0.1) is 17.1 Å². The summed E-state index contributed by atoms with van der Waals surface area (Å²) in [6, 6.07) is 9.58. The van der Waals surface area contributed by atoms with Crippen LogP contribution in [-0.2, 0) is 22.6 Å². The lowest BCUT2D eigenvalue weighted by Gasteiger charge is -2.06. The van der Waals surface area contributed by atoms with Crippen molar-refractivity contribution >= 4 is 17.6 Å². The van der Waals surface area contributed by atoms with Gasteiger partial charge in [-0.15, -0.1) is 0 Å². The van der Waals surface area contributed by atoms with Crippen molar-refractivity contribution < 1.29 is 14.1 Å². The van der Waals surface area contributed by atoms with E-state index < -0.39 is 0 Å². The summed E-state index contributed by atoms with van der Waals surface area (Å²) in [6.07, 6.45) is 0.794. The Morgan fingerprint density at radius 1 is 1.15 bits per heavy atom. The number of halogens is 1. The van der Waals surface area contributed by atoms with Crippen LogP contribution in [0.25, 0.3) is 5.69 Å². The molecule has 0 saturated carbocycles. The highest BCUT2D eigenvalue weighted by atomic mass is 35.5. The summed E-state index contributed by atoms with van der Waals surface area (Å²) in [4.78, 5) is 12.1. The highest BCUT2D eigenvalue weighted by molar-refractivity contribution is 6.30. The van der Waals surface area contributed by atoms with E-state index >= 15 is 0 Å². The van der Waals surface area contributed by atoms with Crippen LogP contribution in [0, 0.1) is 20.8 Å². The quantitative estimate of drug-likeness (QED) is 0.608. The molecule has 0 spiro atoms. The first-order valence-corrected chi connectivity index (χ1v) is 8.72. The zero-order valence-electron chi connectivity index (χ0n) is 15.0. The predicted octanol–water partition coefficient (Wildman–Crippen LogP) is 4.11. The van der Waals surface area contributed by atoms with Crippen LogP contribution in [-0.4, -0.2) is 20.9 Å². The molecule has 0 aliphatic rings. The molecule has 0 N–H and O–H groups in total. The lowest BCUT2D eigenvalue weighted by atomic mass is 10.1. The largest absolute Gasteiger partial charge is 0.461 e. The molecule has 7 heteroatoms. The smallest absolute Gasteiger partial charge is 0.306 e. The normalized spacial score (nSPS) is 10.9. The van der Waals surface area contributed by atoms with Crippen molar-refractivity contribution in [2.75, 3.05) is 0 Å². The van der Waals surface area contributed by atoms with Gasteiger partial charge < -0.3 is 9.26 Å². The Kier molecular flexibility index (Phi) is 5.42. The molecule has 3 aromatic rings. The Morgan fingerprint density at radius 2 is 1.88 bits per heavy atom. The van der Waals surface area contributed by atoms with Gasteiger partial charge in [-0.2, -0.15) is 5.10 Å². The fourth-order valence-corrected chi connectivity index (χ4v) is 3.07. The number of para-hydroxylation sites is 1. The third-order valence-corrected chi connectivity index (χ3v) is 4.65.